The minimum Gasteiger partial charge on any atom is -0.481 e. The largest absolute Gasteiger partial charge is 0.481 e. The molecule has 1 saturated carbocycles. The first-order chi connectivity index (χ1) is 8.90. The number of carboxylic acid groups (broad SMARTS) is 1. The van der Waals surface area contributed by atoms with Crippen molar-refractivity contribution in [2.45, 2.75) is 32.2 Å². The zero-order chi connectivity index (χ0) is 14.2. The molecule has 0 bridgehead atoms. The SMILES string of the molecule is Cc1nn(C)c(Cl)c1C(=O)NC1CCC(C(=O)O)C1. The summed E-state index contributed by atoms with van der Waals surface area (Å²) < 4.78 is 1.44. The van der Waals surface area contributed by atoms with E-state index in [1.807, 2.05) is 0 Å². The fourth-order valence-corrected chi connectivity index (χ4v) is 2.74. The highest BCUT2D eigenvalue weighted by Gasteiger charge is 2.31. The highest BCUT2D eigenvalue weighted by atomic mass is 35.5. The van der Waals surface area contributed by atoms with Gasteiger partial charge in [0, 0.05) is 13.1 Å². The van der Waals surface area contributed by atoms with Gasteiger partial charge in [-0.15, -0.1) is 0 Å². The quantitative estimate of drug-likeness (QED) is 0.878. The van der Waals surface area contributed by atoms with Gasteiger partial charge in [0.15, 0.2) is 0 Å². The predicted molar refractivity (Wildman–Crippen MR) is 69.2 cm³/mol. The van der Waals surface area contributed by atoms with Crippen LogP contribution in [0.2, 0.25) is 5.15 Å². The van der Waals surface area contributed by atoms with Crippen LogP contribution >= 0.6 is 11.6 Å². The van der Waals surface area contributed by atoms with Crippen LogP contribution in [0.15, 0.2) is 0 Å². The molecule has 1 heterocycles. The molecular formula is C12H16ClN3O3. The molecule has 0 aromatic carbocycles. The molecule has 0 radical (unpaired) electrons. The van der Waals surface area contributed by atoms with Crippen molar-refractivity contribution in [3.8, 4) is 0 Å². The fraction of sp³-hybridized carbons (Fsp3) is 0.583. The standard InChI is InChI=1S/C12H16ClN3O3/c1-6-9(10(13)16(2)15-6)11(17)14-8-4-3-7(5-8)12(18)19/h7-8H,3-5H2,1-2H3,(H,14,17)(H,18,19). The zero-order valence-electron chi connectivity index (χ0n) is 10.8. The summed E-state index contributed by atoms with van der Waals surface area (Å²) in [5.74, 6) is -1.45. The molecule has 1 fully saturated rings. The molecule has 1 aromatic heterocycles. The minimum atomic E-state index is -0.799. The summed E-state index contributed by atoms with van der Waals surface area (Å²) >= 11 is 6.02. The van der Waals surface area contributed by atoms with Crippen LogP contribution in [0.5, 0.6) is 0 Å². The number of carbonyl (C=O) groups is 2. The highest BCUT2D eigenvalue weighted by molar-refractivity contribution is 6.33. The molecule has 0 spiro atoms. The summed E-state index contributed by atoms with van der Waals surface area (Å²) in [6.45, 7) is 1.72. The Morgan fingerprint density at radius 1 is 1.47 bits per heavy atom. The summed E-state index contributed by atoms with van der Waals surface area (Å²) in [5.41, 5.74) is 0.931. The van der Waals surface area contributed by atoms with Gasteiger partial charge in [-0.1, -0.05) is 11.6 Å². The Morgan fingerprint density at radius 3 is 2.63 bits per heavy atom. The van der Waals surface area contributed by atoms with Gasteiger partial charge in [0.25, 0.3) is 5.91 Å². The average Bonchev–Trinajstić information content (AvgIpc) is 2.85. The van der Waals surface area contributed by atoms with Crippen molar-refractivity contribution < 1.29 is 14.7 Å². The first-order valence-electron chi connectivity index (χ1n) is 6.13. The first kappa shape index (κ1) is 13.9. The topological polar surface area (TPSA) is 84.2 Å². The third-order valence-corrected chi connectivity index (χ3v) is 3.93. The Bertz CT molecular complexity index is 527. The first-order valence-corrected chi connectivity index (χ1v) is 6.50. The van der Waals surface area contributed by atoms with Crippen LogP contribution in [0.1, 0.15) is 35.3 Å². The van der Waals surface area contributed by atoms with E-state index in [0.29, 0.717) is 35.7 Å². The third kappa shape index (κ3) is 2.73. The van der Waals surface area contributed by atoms with Crippen molar-refractivity contribution in [2.24, 2.45) is 13.0 Å². The van der Waals surface area contributed by atoms with Crippen LogP contribution in [0.25, 0.3) is 0 Å². The molecule has 6 nitrogen and oxygen atoms in total. The van der Waals surface area contributed by atoms with Crippen molar-refractivity contribution in [3.05, 3.63) is 16.4 Å². The second-order valence-electron chi connectivity index (χ2n) is 4.89. The van der Waals surface area contributed by atoms with Gasteiger partial charge in [-0.2, -0.15) is 5.10 Å². The lowest BCUT2D eigenvalue weighted by atomic mass is 10.1. The maximum Gasteiger partial charge on any atom is 0.306 e. The normalized spacial score (nSPS) is 22.5. The summed E-state index contributed by atoms with van der Waals surface area (Å²) in [4.78, 5) is 23.0. The Labute approximate surface area is 115 Å². The van der Waals surface area contributed by atoms with Crippen molar-refractivity contribution >= 4 is 23.5 Å². The zero-order valence-corrected chi connectivity index (χ0v) is 11.6. The molecular weight excluding hydrogens is 270 g/mol. The number of nitrogens with one attached hydrogen (secondary N) is 1. The molecule has 2 rings (SSSR count). The van der Waals surface area contributed by atoms with Crippen molar-refractivity contribution in [2.75, 3.05) is 0 Å². The van der Waals surface area contributed by atoms with E-state index in [-0.39, 0.29) is 17.9 Å². The summed E-state index contributed by atoms with van der Waals surface area (Å²) in [6, 6.07) is -0.107. The van der Waals surface area contributed by atoms with Gasteiger partial charge in [-0.3, -0.25) is 14.3 Å². The van der Waals surface area contributed by atoms with E-state index in [4.69, 9.17) is 16.7 Å². The number of nitrogens with zero attached hydrogens (tertiary/aromatic N) is 2. The number of carboxylic acids is 1. The summed E-state index contributed by atoms with van der Waals surface area (Å²) in [6.07, 6.45) is 1.75. The van der Waals surface area contributed by atoms with Gasteiger partial charge in [-0.05, 0) is 26.2 Å². The Kier molecular flexibility index (Phi) is 3.80. The molecule has 2 unspecified atom stereocenters. The van der Waals surface area contributed by atoms with Crippen molar-refractivity contribution in [1.82, 2.24) is 15.1 Å². The number of rotatable bonds is 3. The smallest absolute Gasteiger partial charge is 0.306 e. The molecule has 1 aliphatic carbocycles. The van der Waals surface area contributed by atoms with Crippen LogP contribution in [0.3, 0.4) is 0 Å². The van der Waals surface area contributed by atoms with Gasteiger partial charge in [-0.25, -0.2) is 0 Å². The van der Waals surface area contributed by atoms with Gasteiger partial charge in [0.2, 0.25) is 0 Å². The Balaban J connectivity index is 2.04. The van der Waals surface area contributed by atoms with E-state index >= 15 is 0 Å². The lowest BCUT2D eigenvalue weighted by Crippen LogP contribution is -2.33. The van der Waals surface area contributed by atoms with Crippen LogP contribution in [-0.2, 0) is 11.8 Å². The number of amides is 1. The van der Waals surface area contributed by atoms with E-state index in [1.54, 1.807) is 14.0 Å². The van der Waals surface area contributed by atoms with Crippen LogP contribution < -0.4 is 5.32 Å². The predicted octanol–water partition coefficient (Wildman–Crippen LogP) is 1.37. The molecule has 1 aliphatic rings. The monoisotopic (exact) mass is 285 g/mol. The number of hydrogen-bond donors (Lipinski definition) is 2. The molecule has 19 heavy (non-hydrogen) atoms. The van der Waals surface area contributed by atoms with Crippen molar-refractivity contribution in [1.29, 1.82) is 0 Å². The van der Waals surface area contributed by atoms with E-state index in [9.17, 15) is 9.59 Å². The third-order valence-electron chi connectivity index (χ3n) is 3.50. The van der Waals surface area contributed by atoms with E-state index in [1.165, 1.54) is 4.68 Å². The molecule has 104 valence electrons. The number of aryl methyl sites for hydroxylation is 2. The molecule has 0 aliphatic heterocycles. The highest BCUT2D eigenvalue weighted by Crippen LogP contribution is 2.26. The molecule has 2 N–H and O–H groups in total. The van der Waals surface area contributed by atoms with Crippen LogP contribution in [0, 0.1) is 12.8 Å². The van der Waals surface area contributed by atoms with Gasteiger partial charge >= 0.3 is 5.97 Å². The Hall–Kier alpha value is -1.56. The number of carbonyl (C=O) groups excluding carboxylic acids is 1. The molecule has 1 aromatic rings. The van der Waals surface area contributed by atoms with E-state index < -0.39 is 5.97 Å². The fourth-order valence-electron chi connectivity index (χ4n) is 2.48. The van der Waals surface area contributed by atoms with E-state index in [0.717, 1.165) is 0 Å². The molecule has 0 saturated heterocycles. The second kappa shape index (κ2) is 5.21. The molecule has 1 amide bonds. The van der Waals surface area contributed by atoms with Crippen molar-refractivity contribution in [3.63, 3.8) is 0 Å². The maximum absolute atomic E-state index is 12.1. The lowest BCUT2D eigenvalue weighted by molar-refractivity contribution is -0.141. The number of aliphatic carboxylic acids is 1. The maximum atomic E-state index is 12.1. The lowest BCUT2D eigenvalue weighted by Gasteiger charge is -2.12. The van der Waals surface area contributed by atoms with Crippen LogP contribution in [-0.4, -0.2) is 32.8 Å². The second-order valence-corrected chi connectivity index (χ2v) is 5.25. The molecule has 7 heteroatoms. The van der Waals surface area contributed by atoms with Gasteiger partial charge in [0.05, 0.1) is 17.2 Å². The van der Waals surface area contributed by atoms with Gasteiger partial charge < -0.3 is 10.4 Å². The Morgan fingerprint density at radius 2 is 2.16 bits per heavy atom. The number of hydrogen-bond acceptors (Lipinski definition) is 3. The van der Waals surface area contributed by atoms with E-state index in [2.05, 4.69) is 10.4 Å². The molecule has 2 atom stereocenters. The van der Waals surface area contributed by atoms with Gasteiger partial charge in [0.1, 0.15) is 5.15 Å². The number of aromatic nitrogens is 2. The number of halogens is 1. The summed E-state index contributed by atoms with van der Waals surface area (Å²) in [5, 5.41) is 16.1. The summed E-state index contributed by atoms with van der Waals surface area (Å²) in [7, 11) is 1.67. The minimum absolute atomic E-state index is 0.107. The van der Waals surface area contributed by atoms with Crippen LogP contribution in [0.4, 0.5) is 0 Å². The average molecular weight is 286 g/mol.